The Bertz CT molecular complexity index is 1550. The SMILES string of the molecule is CCON=C(C(=O)NC1C(=O)N2CC(CSc3nc(N)cc(N)[n+]3-c3ccccc3)(C(=O)O)CS[C@H]12)c1csc(N)n1. The van der Waals surface area contributed by atoms with Gasteiger partial charge < -0.3 is 37.4 Å². The van der Waals surface area contributed by atoms with E-state index >= 15 is 0 Å². The van der Waals surface area contributed by atoms with Crippen molar-refractivity contribution in [3.05, 3.63) is 47.5 Å². The van der Waals surface area contributed by atoms with Gasteiger partial charge in [-0.3, -0.25) is 14.4 Å². The Morgan fingerprint density at radius 3 is 2.71 bits per heavy atom. The molecule has 1 aromatic carbocycles. The summed E-state index contributed by atoms with van der Waals surface area (Å²) in [6.07, 6.45) is 0. The van der Waals surface area contributed by atoms with Crippen LogP contribution in [0.5, 0.6) is 0 Å². The van der Waals surface area contributed by atoms with E-state index in [1.54, 1.807) is 16.9 Å². The van der Waals surface area contributed by atoms with Gasteiger partial charge in [-0.25, -0.2) is 4.98 Å². The van der Waals surface area contributed by atoms with Crippen LogP contribution in [0.1, 0.15) is 12.6 Å². The fourth-order valence-corrected chi connectivity index (χ4v) is 7.95. The molecule has 2 aliphatic heterocycles. The molecule has 2 aromatic heterocycles. The van der Waals surface area contributed by atoms with Crippen molar-refractivity contribution in [2.45, 2.75) is 23.5 Å². The van der Waals surface area contributed by atoms with Crippen molar-refractivity contribution in [1.29, 1.82) is 0 Å². The third-order valence-electron chi connectivity index (χ3n) is 6.61. The molecule has 14 nitrogen and oxygen atoms in total. The van der Waals surface area contributed by atoms with Crippen LogP contribution in [0.4, 0.5) is 16.8 Å². The minimum atomic E-state index is -1.29. The molecule has 0 saturated carbocycles. The average Bonchev–Trinajstić information content (AvgIpc) is 3.40. The Labute approximate surface area is 252 Å². The number of amides is 2. The van der Waals surface area contributed by atoms with Gasteiger partial charge in [-0.15, -0.1) is 23.1 Å². The van der Waals surface area contributed by atoms with Crippen molar-refractivity contribution in [2.75, 3.05) is 41.9 Å². The standard InChI is InChI=1S/C25H27N9O5S3/c1-2-39-32-17(14-9-40-23(28)29-14)19(35)31-18-20(36)33-10-25(22(37)38,11-41-21(18)33)12-42-24-30-15(26)8-16(27)34(24)13-6-4-3-5-7-13/h3-9,18,21H,2,10-12H2,1H3,(H7,26,27,28,29,31,35,37,38)/p+1/t18?,21-,25?/m1/s1. The normalized spacial score (nSPS) is 21.8. The van der Waals surface area contributed by atoms with Gasteiger partial charge in [-0.1, -0.05) is 40.1 Å². The zero-order valence-corrected chi connectivity index (χ0v) is 24.7. The molecular weight excluding hydrogens is 603 g/mol. The third kappa shape index (κ3) is 5.66. The maximum atomic E-state index is 13.2. The molecular formula is C25H28N9O5S3+. The number of carbonyl (C=O) groups excluding carboxylic acids is 2. The van der Waals surface area contributed by atoms with Crippen molar-refractivity contribution in [3.63, 3.8) is 0 Å². The molecule has 4 heterocycles. The number of carboxylic acids is 1. The number of nitrogens with zero attached hydrogens (tertiary/aromatic N) is 5. The van der Waals surface area contributed by atoms with E-state index in [2.05, 4.69) is 20.4 Å². The number of aromatic nitrogens is 3. The molecule has 220 valence electrons. The molecule has 2 amide bonds. The lowest BCUT2D eigenvalue weighted by Gasteiger charge is -2.53. The molecule has 0 bridgehead atoms. The monoisotopic (exact) mass is 630 g/mol. The third-order valence-corrected chi connectivity index (χ3v) is 10.1. The highest BCUT2D eigenvalue weighted by Crippen LogP contribution is 2.44. The highest BCUT2D eigenvalue weighted by molar-refractivity contribution is 8.00. The van der Waals surface area contributed by atoms with E-state index < -0.39 is 34.6 Å². The zero-order chi connectivity index (χ0) is 30.0. The number of nitrogens with one attached hydrogen (secondary N) is 1. The van der Waals surface area contributed by atoms with Crippen LogP contribution >= 0.6 is 34.9 Å². The molecule has 42 heavy (non-hydrogen) atoms. The Balaban J connectivity index is 1.30. The fraction of sp³-hybridized carbons (Fsp3) is 0.320. The van der Waals surface area contributed by atoms with Crippen molar-refractivity contribution in [3.8, 4) is 5.69 Å². The van der Waals surface area contributed by atoms with Gasteiger partial charge in [0.05, 0.1) is 6.07 Å². The van der Waals surface area contributed by atoms with Crippen LogP contribution in [0.15, 0.2) is 52.1 Å². The number of oxime groups is 1. The second-order valence-electron chi connectivity index (χ2n) is 9.48. The van der Waals surface area contributed by atoms with E-state index in [0.29, 0.717) is 11.0 Å². The minimum Gasteiger partial charge on any atom is -0.481 e. The summed E-state index contributed by atoms with van der Waals surface area (Å²) in [5.74, 6) is -1.23. The van der Waals surface area contributed by atoms with Gasteiger partial charge in [0.15, 0.2) is 10.8 Å². The number of aliphatic carboxylic acids is 1. The number of thiazole rings is 1. The van der Waals surface area contributed by atoms with Gasteiger partial charge in [0.2, 0.25) is 17.5 Å². The van der Waals surface area contributed by atoms with E-state index in [9.17, 15) is 19.5 Å². The molecule has 0 spiro atoms. The number of carbonyl (C=O) groups is 3. The van der Waals surface area contributed by atoms with Crippen LogP contribution in [0.25, 0.3) is 5.69 Å². The molecule has 8 N–H and O–H groups in total. The van der Waals surface area contributed by atoms with Gasteiger partial charge in [0.1, 0.15) is 34.8 Å². The molecule has 0 aliphatic carbocycles. The largest absolute Gasteiger partial charge is 0.481 e. The van der Waals surface area contributed by atoms with E-state index in [1.165, 1.54) is 34.5 Å². The number of nitrogen functional groups attached to an aromatic ring is 3. The van der Waals surface area contributed by atoms with Crippen LogP contribution in [0.2, 0.25) is 0 Å². The van der Waals surface area contributed by atoms with Crippen LogP contribution < -0.4 is 27.1 Å². The van der Waals surface area contributed by atoms with Crippen LogP contribution in [-0.4, -0.2) is 79.5 Å². The number of fused-ring (bicyclic) bond motifs is 1. The predicted octanol–water partition coefficient (Wildman–Crippen LogP) is 0.565. The van der Waals surface area contributed by atoms with E-state index in [4.69, 9.17) is 22.0 Å². The van der Waals surface area contributed by atoms with Gasteiger partial charge in [-0.05, 0) is 19.1 Å². The number of anilines is 3. The van der Waals surface area contributed by atoms with E-state index in [1.807, 2.05) is 30.3 Å². The number of nitrogens with two attached hydrogens (primary N) is 3. The fourth-order valence-electron chi connectivity index (χ4n) is 4.50. The summed E-state index contributed by atoms with van der Waals surface area (Å²) in [5, 5.41) is 18.7. The first-order valence-corrected chi connectivity index (χ1v) is 15.6. The Morgan fingerprint density at radius 1 is 1.29 bits per heavy atom. The van der Waals surface area contributed by atoms with E-state index in [-0.39, 0.29) is 47.0 Å². The second-order valence-corrected chi connectivity index (χ2v) is 12.4. The number of hydrogen-bond donors (Lipinski definition) is 5. The number of carboxylic acid groups (broad SMARTS) is 1. The van der Waals surface area contributed by atoms with Crippen molar-refractivity contribution >= 4 is 75.1 Å². The predicted molar refractivity (Wildman–Crippen MR) is 160 cm³/mol. The summed E-state index contributed by atoms with van der Waals surface area (Å²) in [7, 11) is 0. The minimum absolute atomic E-state index is 0.0378. The summed E-state index contributed by atoms with van der Waals surface area (Å²) < 4.78 is 1.70. The molecule has 3 atom stereocenters. The molecule has 0 radical (unpaired) electrons. The summed E-state index contributed by atoms with van der Waals surface area (Å²) >= 11 is 3.63. The lowest BCUT2D eigenvalue weighted by molar-refractivity contribution is -0.626. The Kier molecular flexibility index (Phi) is 8.42. The number of para-hydroxylation sites is 1. The van der Waals surface area contributed by atoms with Crippen molar-refractivity contribution in [2.24, 2.45) is 10.6 Å². The number of benzene rings is 1. The van der Waals surface area contributed by atoms with Crippen LogP contribution in [0, 0.1) is 5.41 Å². The lowest BCUT2D eigenvalue weighted by atomic mass is 9.89. The summed E-state index contributed by atoms with van der Waals surface area (Å²) in [6.45, 7) is 1.90. The Morgan fingerprint density at radius 2 is 2.05 bits per heavy atom. The van der Waals surface area contributed by atoms with Crippen LogP contribution in [-0.2, 0) is 19.2 Å². The lowest BCUT2D eigenvalue weighted by Crippen LogP contribution is -2.74. The number of β-lactam (4-membered cyclic amide) rings is 1. The van der Waals surface area contributed by atoms with Crippen molar-refractivity contribution < 1.29 is 28.9 Å². The van der Waals surface area contributed by atoms with Gasteiger partial charge >= 0.3 is 11.1 Å². The highest BCUT2D eigenvalue weighted by Gasteiger charge is 2.57. The van der Waals surface area contributed by atoms with Gasteiger partial charge in [-0.2, -0.15) is 4.57 Å². The smallest absolute Gasteiger partial charge is 0.313 e. The topological polar surface area (TPSA) is 216 Å². The average molecular weight is 631 g/mol. The molecule has 2 saturated heterocycles. The summed E-state index contributed by atoms with van der Waals surface area (Å²) in [4.78, 5) is 53.9. The van der Waals surface area contributed by atoms with E-state index in [0.717, 1.165) is 17.0 Å². The zero-order valence-electron chi connectivity index (χ0n) is 22.3. The molecule has 2 unspecified atom stereocenters. The highest BCUT2D eigenvalue weighted by atomic mass is 32.2. The summed E-state index contributed by atoms with van der Waals surface area (Å²) in [5.41, 5.74) is 17.5. The van der Waals surface area contributed by atoms with Crippen LogP contribution in [0.3, 0.4) is 0 Å². The molecule has 2 aliphatic rings. The maximum absolute atomic E-state index is 13.2. The Hall–Kier alpha value is -4.09. The summed E-state index contributed by atoms with van der Waals surface area (Å²) in [6, 6.07) is 9.96. The molecule has 5 rings (SSSR count). The number of rotatable bonds is 10. The number of thioether (sulfide) groups is 2. The van der Waals surface area contributed by atoms with Crippen molar-refractivity contribution in [1.82, 2.24) is 20.2 Å². The number of hydrogen-bond acceptors (Lipinski definition) is 13. The molecule has 3 aromatic rings. The quantitative estimate of drug-likeness (QED) is 0.0519. The maximum Gasteiger partial charge on any atom is 0.313 e. The van der Waals surface area contributed by atoms with Gasteiger partial charge in [0.25, 0.3) is 5.91 Å². The van der Waals surface area contributed by atoms with Gasteiger partial charge in [0, 0.05) is 23.4 Å². The first kappa shape index (κ1) is 29.4. The molecule has 17 heteroatoms. The molecule has 2 fully saturated rings. The first-order valence-electron chi connectivity index (χ1n) is 12.7. The first-order chi connectivity index (χ1) is 20.1. The second kappa shape index (κ2) is 12.0.